The third-order valence-corrected chi connectivity index (χ3v) is 4.48. The van der Waals surface area contributed by atoms with E-state index in [0.717, 1.165) is 11.3 Å². The topological polar surface area (TPSA) is 90.1 Å². The van der Waals surface area contributed by atoms with Crippen LogP contribution in [0.15, 0.2) is 55.0 Å². The molecule has 0 fully saturated rings. The Bertz CT molecular complexity index is 1150. The van der Waals surface area contributed by atoms with Crippen LogP contribution in [0.1, 0.15) is 0 Å². The zero-order valence-corrected chi connectivity index (χ0v) is 16.2. The van der Waals surface area contributed by atoms with Gasteiger partial charge in [0.2, 0.25) is 5.75 Å². The van der Waals surface area contributed by atoms with Crippen molar-refractivity contribution < 1.29 is 19.3 Å². The molecule has 0 aliphatic rings. The molecule has 0 spiro atoms. The van der Waals surface area contributed by atoms with Crippen LogP contribution in [0.25, 0.3) is 16.9 Å². The summed E-state index contributed by atoms with van der Waals surface area (Å²) in [6.07, 6.45) is 5.17. The number of ether oxygens (including phenoxy) is 3. The van der Waals surface area contributed by atoms with E-state index in [-0.39, 0.29) is 5.75 Å². The second-order valence-corrected chi connectivity index (χ2v) is 6.20. The summed E-state index contributed by atoms with van der Waals surface area (Å²) in [7, 11) is 4.70. The van der Waals surface area contributed by atoms with Crippen molar-refractivity contribution in [1.29, 1.82) is 0 Å². The van der Waals surface area contributed by atoms with E-state index in [1.165, 1.54) is 0 Å². The van der Waals surface area contributed by atoms with Crippen molar-refractivity contribution in [2.75, 3.05) is 26.6 Å². The Morgan fingerprint density at radius 2 is 1.76 bits per heavy atom. The van der Waals surface area contributed by atoms with Crippen molar-refractivity contribution in [1.82, 2.24) is 14.4 Å². The van der Waals surface area contributed by atoms with Crippen LogP contribution < -0.4 is 19.5 Å². The molecule has 0 saturated carbocycles. The molecule has 0 aliphatic carbocycles. The second kappa shape index (κ2) is 7.59. The van der Waals surface area contributed by atoms with Gasteiger partial charge in [-0.05, 0) is 12.1 Å². The molecular formula is C21H20N4O4. The minimum atomic E-state index is 0.163. The van der Waals surface area contributed by atoms with Crippen LogP contribution >= 0.6 is 0 Å². The number of methoxy groups -OCH3 is 3. The number of imidazole rings is 1. The third kappa shape index (κ3) is 3.36. The SMILES string of the molecule is COc1cc(Nc2c(-c3cccc(O)c3)nc3cnccn23)cc(OC)c1OC. The highest BCUT2D eigenvalue weighted by Crippen LogP contribution is 2.41. The number of fused-ring (bicyclic) bond motifs is 1. The summed E-state index contributed by atoms with van der Waals surface area (Å²) in [4.78, 5) is 8.82. The minimum absolute atomic E-state index is 0.163. The first-order chi connectivity index (χ1) is 14.1. The number of phenols is 1. The molecule has 29 heavy (non-hydrogen) atoms. The first-order valence-electron chi connectivity index (χ1n) is 8.83. The van der Waals surface area contributed by atoms with E-state index < -0.39 is 0 Å². The molecule has 2 N–H and O–H groups in total. The highest BCUT2D eigenvalue weighted by molar-refractivity contribution is 5.81. The molecule has 148 valence electrons. The molecule has 4 rings (SSSR count). The maximum Gasteiger partial charge on any atom is 0.203 e. The van der Waals surface area contributed by atoms with Crippen molar-refractivity contribution in [3.8, 4) is 34.3 Å². The van der Waals surface area contributed by atoms with Crippen LogP contribution in [0.3, 0.4) is 0 Å². The number of anilines is 2. The maximum atomic E-state index is 9.91. The van der Waals surface area contributed by atoms with Gasteiger partial charge in [-0.15, -0.1) is 0 Å². The number of hydrogen-bond donors (Lipinski definition) is 2. The molecule has 2 heterocycles. The molecule has 0 radical (unpaired) electrons. The maximum absolute atomic E-state index is 9.91. The van der Waals surface area contributed by atoms with Gasteiger partial charge in [0.05, 0.1) is 27.5 Å². The Morgan fingerprint density at radius 1 is 1.00 bits per heavy atom. The zero-order valence-electron chi connectivity index (χ0n) is 16.2. The molecule has 0 saturated heterocycles. The van der Waals surface area contributed by atoms with Crippen molar-refractivity contribution in [2.45, 2.75) is 0 Å². The van der Waals surface area contributed by atoms with Crippen LogP contribution in [0.2, 0.25) is 0 Å². The highest BCUT2D eigenvalue weighted by Gasteiger charge is 2.18. The fourth-order valence-corrected chi connectivity index (χ4v) is 3.17. The van der Waals surface area contributed by atoms with Gasteiger partial charge in [-0.25, -0.2) is 4.98 Å². The van der Waals surface area contributed by atoms with Gasteiger partial charge in [-0.2, -0.15) is 0 Å². The van der Waals surface area contributed by atoms with Crippen LogP contribution in [0, 0.1) is 0 Å². The average molecular weight is 392 g/mol. The lowest BCUT2D eigenvalue weighted by atomic mass is 10.1. The number of hydrogen-bond acceptors (Lipinski definition) is 7. The summed E-state index contributed by atoms with van der Waals surface area (Å²) >= 11 is 0. The standard InChI is InChI=1S/C21H20N4O4/c1-27-16-10-14(11-17(28-2)20(16)29-3)23-21-19(13-5-4-6-15(26)9-13)24-18-12-22-7-8-25(18)21/h4-12,23,26H,1-3H3. The molecule has 0 atom stereocenters. The molecule has 0 amide bonds. The molecule has 0 bridgehead atoms. The lowest BCUT2D eigenvalue weighted by molar-refractivity contribution is 0.324. The minimum Gasteiger partial charge on any atom is -0.508 e. The summed E-state index contributed by atoms with van der Waals surface area (Å²) in [5.41, 5.74) is 2.83. The van der Waals surface area contributed by atoms with Crippen molar-refractivity contribution in [3.05, 3.63) is 55.0 Å². The average Bonchev–Trinajstić information content (AvgIpc) is 3.11. The largest absolute Gasteiger partial charge is 0.508 e. The highest BCUT2D eigenvalue weighted by atomic mass is 16.5. The van der Waals surface area contributed by atoms with E-state index in [4.69, 9.17) is 14.2 Å². The fraction of sp³-hybridized carbons (Fsp3) is 0.143. The predicted molar refractivity (Wildman–Crippen MR) is 109 cm³/mol. The van der Waals surface area contributed by atoms with Crippen LogP contribution in [-0.2, 0) is 0 Å². The molecule has 4 aromatic rings. The number of nitrogens with zero attached hydrogens (tertiary/aromatic N) is 3. The van der Waals surface area contributed by atoms with Crippen LogP contribution in [-0.4, -0.2) is 40.8 Å². The van der Waals surface area contributed by atoms with E-state index in [1.54, 1.807) is 51.9 Å². The van der Waals surface area contributed by atoms with Crippen molar-refractivity contribution >= 4 is 17.2 Å². The van der Waals surface area contributed by atoms with Crippen molar-refractivity contribution in [2.24, 2.45) is 0 Å². The van der Waals surface area contributed by atoms with E-state index in [2.05, 4.69) is 15.3 Å². The van der Waals surface area contributed by atoms with E-state index >= 15 is 0 Å². The molecule has 2 aromatic carbocycles. The first kappa shape index (κ1) is 18.4. The van der Waals surface area contributed by atoms with Gasteiger partial charge in [-0.3, -0.25) is 9.38 Å². The summed E-state index contributed by atoms with van der Waals surface area (Å²) in [5.74, 6) is 2.45. The van der Waals surface area contributed by atoms with E-state index in [1.807, 2.05) is 28.8 Å². The van der Waals surface area contributed by atoms with Gasteiger partial charge in [0.15, 0.2) is 17.1 Å². The van der Waals surface area contributed by atoms with Gasteiger partial charge in [0, 0.05) is 35.8 Å². The quantitative estimate of drug-likeness (QED) is 0.515. The van der Waals surface area contributed by atoms with Crippen molar-refractivity contribution in [3.63, 3.8) is 0 Å². The number of rotatable bonds is 6. The molecule has 2 aromatic heterocycles. The Morgan fingerprint density at radius 3 is 2.41 bits per heavy atom. The zero-order chi connectivity index (χ0) is 20.4. The van der Waals surface area contributed by atoms with Crippen LogP contribution in [0.4, 0.5) is 11.5 Å². The molecule has 8 nitrogen and oxygen atoms in total. The van der Waals surface area contributed by atoms with Gasteiger partial charge >= 0.3 is 0 Å². The van der Waals surface area contributed by atoms with Gasteiger partial charge in [0.1, 0.15) is 17.3 Å². The number of nitrogens with one attached hydrogen (secondary N) is 1. The Labute approximate surface area is 167 Å². The van der Waals surface area contributed by atoms with Crippen LogP contribution in [0.5, 0.6) is 23.0 Å². The monoisotopic (exact) mass is 392 g/mol. The predicted octanol–water partition coefficient (Wildman–Crippen LogP) is 3.87. The number of phenolic OH excluding ortho intramolecular Hbond substituents is 1. The summed E-state index contributed by atoms with van der Waals surface area (Å²) < 4.78 is 18.2. The Kier molecular flexibility index (Phi) is 4.82. The smallest absolute Gasteiger partial charge is 0.203 e. The fourth-order valence-electron chi connectivity index (χ4n) is 3.17. The summed E-state index contributed by atoms with van der Waals surface area (Å²) in [5, 5.41) is 13.3. The second-order valence-electron chi connectivity index (χ2n) is 6.20. The molecular weight excluding hydrogens is 372 g/mol. The van der Waals surface area contributed by atoms with Gasteiger partial charge in [0.25, 0.3) is 0 Å². The number of benzene rings is 2. The summed E-state index contributed by atoms with van der Waals surface area (Å²) in [6.45, 7) is 0. The summed E-state index contributed by atoms with van der Waals surface area (Å²) in [6, 6.07) is 10.6. The van der Waals surface area contributed by atoms with Gasteiger partial charge < -0.3 is 24.6 Å². The number of aromatic nitrogens is 3. The van der Waals surface area contributed by atoms with E-state index in [9.17, 15) is 5.11 Å². The normalized spacial score (nSPS) is 10.7. The number of aromatic hydroxyl groups is 1. The molecule has 0 unspecified atom stereocenters. The first-order valence-corrected chi connectivity index (χ1v) is 8.83. The molecule has 8 heteroatoms. The lowest BCUT2D eigenvalue weighted by Gasteiger charge is -2.15. The Balaban J connectivity index is 1.87. The van der Waals surface area contributed by atoms with Gasteiger partial charge in [-0.1, -0.05) is 12.1 Å². The third-order valence-electron chi connectivity index (χ3n) is 4.48. The lowest BCUT2D eigenvalue weighted by Crippen LogP contribution is -2.00. The van der Waals surface area contributed by atoms with E-state index in [0.29, 0.717) is 34.4 Å². The molecule has 0 aliphatic heterocycles. The Hall–Kier alpha value is -3.94.